The summed E-state index contributed by atoms with van der Waals surface area (Å²) in [6, 6.07) is 20.7. The highest BCUT2D eigenvalue weighted by Crippen LogP contribution is 2.32. The van der Waals surface area contributed by atoms with Crippen LogP contribution in [0.5, 0.6) is 5.75 Å². The van der Waals surface area contributed by atoms with E-state index in [2.05, 4.69) is 37.5 Å². The SMILES string of the molecule is CCCCc1ccc(C(=O)Nc2cccc(C(=O)/C=C3\NC(C)(C)Cc4ccc(OC)cc43)c2)cc1. The Morgan fingerprint density at radius 3 is 2.53 bits per heavy atom. The molecule has 0 aromatic heterocycles. The maximum atomic E-state index is 13.3. The van der Waals surface area contributed by atoms with Crippen LogP contribution in [0, 0.1) is 0 Å². The summed E-state index contributed by atoms with van der Waals surface area (Å²) in [5.41, 5.74) is 5.62. The molecule has 5 heteroatoms. The van der Waals surface area contributed by atoms with Crippen molar-refractivity contribution in [3.05, 3.63) is 101 Å². The van der Waals surface area contributed by atoms with Gasteiger partial charge in [-0.3, -0.25) is 9.59 Å². The van der Waals surface area contributed by atoms with Gasteiger partial charge in [-0.2, -0.15) is 0 Å². The number of nitrogens with one attached hydrogen (secondary N) is 2. The van der Waals surface area contributed by atoms with Crippen LogP contribution in [0.1, 0.15) is 71.0 Å². The molecule has 0 aliphatic carbocycles. The van der Waals surface area contributed by atoms with Crippen molar-refractivity contribution in [2.24, 2.45) is 0 Å². The molecule has 186 valence electrons. The molecular weight excluding hydrogens is 448 g/mol. The van der Waals surface area contributed by atoms with Crippen molar-refractivity contribution in [1.82, 2.24) is 5.32 Å². The van der Waals surface area contributed by atoms with Crippen LogP contribution in [0.3, 0.4) is 0 Å². The summed E-state index contributed by atoms with van der Waals surface area (Å²) in [7, 11) is 1.64. The minimum atomic E-state index is -0.197. The molecule has 1 heterocycles. The van der Waals surface area contributed by atoms with Crippen LogP contribution >= 0.6 is 0 Å². The minimum absolute atomic E-state index is 0.139. The average Bonchev–Trinajstić information content (AvgIpc) is 2.87. The van der Waals surface area contributed by atoms with E-state index in [1.54, 1.807) is 37.5 Å². The van der Waals surface area contributed by atoms with Crippen LogP contribution in [-0.4, -0.2) is 24.3 Å². The smallest absolute Gasteiger partial charge is 0.255 e. The van der Waals surface area contributed by atoms with Crippen molar-refractivity contribution in [3.63, 3.8) is 0 Å². The number of ketones is 1. The fourth-order valence-corrected chi connectivity index (χ4v) is 4.53. The lowest BCUT2D eigenvalue weighted by atomic mass is 9.85. The van der Waals surface area contributed by atoms with Gasteiger partial charge in [0.2, 0.25) is 0 Å². The number of amides is 1. The van der Waals surface area contributed by atoms with Gasteiger partial charge < -0.3 is 15.4 Å². The Labute approximate surface area is 213 Å². The lowest BCUT2D eigenvalue weighted by molar-refractivity contribution is 0.102. The number of carbonyl (C=O) groups is 2. The van der Waals surface area contributed by atoms with E-state index in [1.807, 2.05) is 36.4 Å². The first-order chi connectivity index (χ1) is 17.3. The molecule has 36 heavy (non-hydrogen) atoms. The Balaban J connectivity index is 1.53. The van der Waals surface area contributed by atoms with E-state index in [9.17, 15) is 9.59 Å². The van der Waals surface area contributed by atoms with Crippen molar-refractivity contribution >= 4 is 23.1 Å². The highest BCUT2D eigenvalue weighted by Gasteiger charge is 2.28. The quantitative estimate of drug-likeness (QED) is 0.286. The molecular formula is C31H34N2O3. The predicted octanol–water partition coefficient (Wildman–Crippen LogP) is 6.44. The van der Waals surface area contributed by atoms with Crippen LogP contribution in [0.2, 0.25) is 0 Å². The zero-order chi connectivity index (χ0) is 25.7. The number of hydrogen-bond acceptors (Lipinski definition) is 4. The Kier molecular flexibility index (Phi) is 7.58. The van der Waals surface area contributed by atoms with E-state index in [1.165, 1.54) is 11.1 Å². The van der Waals surface area contributed by atoms with Crippen molar-refractivity contribution < 1.29 is 14.3 Å². The van der Waals surface area contributed by atoms with Crippen molar-refractivity contribution in [3.8, 4) is 5.75 Å². The highest BCUT2D eigenvalue weighted by molar-refractivity contribution is 6.10. The average molecular weight is 483 g/mol. The third kappa shape index (κ3) is 6.03. The molecule has 0 unspecified atom stereocenters. The van der Waals surface area contributed by atoms with Gasteiger partial charge in [-0.25, -0.2) is 0 Å². The molecule has 1 aliphatic heterocycles. The van der Waals surface area contributed by atoms with Gasteiger partial charge in [0.15, 0.2) is 5.78 Å². The normalized spacial score (nSPS) is 15.1. The van der Waals surface area contributed by atoms with Crippen molar-refractivity contribution in [2.75, 3.05) is 12.4 Å². The summed E-state index contributed by atoms with van der Waals surface area (Å²) in [5, 5.41) is 6.42. The summed E-state index contributed by atoms with van der Waals surface area (Å²) >= 11 is 0. The van der Waals surface area contributed by atoms with Gasteiger partial charge >= 0.3 is 0 Å². The standard InChI is InChI=1S/C31H34N2O3/c1-5-6-8-21-11-13-22(14-12-21)30(35)32-25-10-7-9-23(17-25)29(34)19-28-27-18-26(36-4)16-15-24(27)20-31(2,3)33-28/h7,9-19,33H,5-6,8,20H2,1-4H3,(H,32,35)/b28-19-. The second-order valence-electron chi connectivity index (χ2n) is 9.97. The Morgan fingerprint density at radius 1 is 1.03 bits per heavy atom. The number of fused-ring (bicyclic) bond motifs is 1. The number of aryl methyl sites for hydroxylation is 1. The molecule has 0 saturated heterocycles. The van der Waals surface area contributed by atoms with E-state index >= 15 is 0 Å². The summed E-state index contributed by atoms with van der Waals surface area (Å²) in [6.07, 6.45) is 5.77. The molecule has 1 aliphatic rings. The number of methoxy groups -OCH3 is 1. The lowest BCUT2D eigenvalue weighted by Gasteiger charge is -2.35. The fourth-order valence-electron chi connectivity index (χ4n) is 4.53. The number of rotatable bonds is 8. The molecule has 3 aromatic rings. The summed E-state index contributed by atoms with van der Waals surface area (Å²) < 4.78 is 5.40. The van der Waals surface area contributed by atoms with Gasteiger partial charge in [0.05, 0.1) is 7.11 Å². The summed E-state index contributed by atoms with van der Waals surface area (Å²) in [5.74, 6) is 0.411. The first-order valence-corrected chi connectivity index (χ1v) is 12.5. The van der Waals surface area contributed by atoms with E-state index in [0.29, 0.717) is 16.8 Å². The molecule has 0 atom stereocenters. The fraction of sp³-hybridized carbons (Fsp3) is 0.290. The first kappa shape index (κ1) is 25.2. The van der Waals surface area contributed by atoms with Crippen LogP contribution < -0.4 is 15.4 Å². The molecule has 0 radical (unpaired) electrons. The van der Waals surface area contributed by atoms with E-state index in [4.69, 9.17) is 4.74 Å². The van der Waals surface area contributed by atoms with Gasteiger partial charge in [0.25, 0.3) is 5.91 Å². The molecule has 5 nitrogen and oxygen atoms in total. The Bertz CT molecular complexity index is 1290. The summed E-state index contributed by atoms with van der Waals surface area (Å²) in [4.78, 5) is 26.0. The van der Waals surface area contributed by atoms with Crippen molar-refractivity contribution in [2.45, 2.75) is 52.0 Å². The lowest BCUT2D eigenvalue weighted by Crippen LogP contribution is -2.43. The molecule has 2 N–H and O–H groups in total. The Morgan fingerprint density at radius 2 is 1.81 bits per heavy atom. The number of anilines is 1. The second kappa shape index (κ2) is 10.8. The number of unbranched alkanes of at least 4 members (excludes halogenated alkanes) is 1. The topological polar surface area (TPSA) is 67.4 Å². The van der Waals surface area contributed by atoms with E-state index < -0.39 is 0 Å². The number of ether oxygens (including phenoxy) is 1. The molecule has 4 rings (SSSR count). The first-order valence-electron chi connectivity index (χ1n) is 12.5. The predicted molar refractivity (Wildman–Crippen MR) is 146 cm³/mol. The zero-order valence-electron chi connectivity index (χ0n) is 21.5. The monoisotopic (exact) mass is 482 g/mol. The largest absolute Gasteiger partial charge is 0.497 e. The van der Waals surface area contributed by atoms with E-state index in [0.717, 1.165) is 42.7 Å². The number of allylic oxidation sites excluding steroid dienone is 1. The molecule has 0 saturated carbocycles. The number of hydrogen-bond donors (Lipinski definition) is 2. The van der Waals surface area contributed by atoms with Crippen LogP contribution in [-0.2, 0) is 12.8 Å². The molecule has 0 fully saturated rings. The highest BCUT2D eigenvalue weighted by atomic mass is 16.5. The van der Waals surface area contributed by atoms with Gasteiger partial charge in [-0.05, 0) is 80.6 Å². The van der Waals surface area contributed by atoms with Crippen LogP contribution in [0.4, 0.5) is 5.69 Å². The van der Waals surface area contributed by atoms with Crippen LogP contribution in [0.25, 0.3) is 5.70 Å². The molecule has 3 aromatic carbocycles. The minimum Gasteiger partial charge on any atom is -0.497 e. The number of benzene rings is 3. The number of carbonyl (C=O) groups excluding carboxylic acids is 2. The third-order valence-corrected chi connectivity index (χ3v) is 6.43. The second-order valence-corrected chi connectivity index (χ2v) is 9.97. The van der Waals surface area contributed by atoms with Gasteiger partial charge in [-0.15, -0.1) is 0 Å². The Hall–Kier alpha value is -3.86. The molecule has 1 amide bonds. The van der Waals surface area contributed by atoms with Gasteiger partial charge in [-0.1, -0.05) is 43.7 Å². The maximum Gasteiger partial charge on any atom is 0.255 e. The third-order valence-electron chi connectivity index (χ3n) is 6.43. The van der Waals surface area contributed by atoms with Crippen molar-refractivity contribution in [1.29, 1.82) is 0 Å². The van der Waals surface area contributed by atoms with Gasteiger partial charge in [0.1, 0.15) is 5.75 Å². The molecule has 0 spiro atoms. The maximum absolute atomic E-state index is 13.3. The van der Waals surface area contributed by atoms with Gasteiger partial charge in [0, 0.05) is 39.7 Å². The zero-order valence-corrected chi connectivity index (χ0v) is 21.5. The molecule has 0 bridgehead atoms. The van der Waals surface area contributed by atoms with E-state index in [-0.39, 0.29) is 17.2 Å². The summed E-state index contributed by atoms with van der Waals surface area (Å²) in [6.45, 7) is 6.40. The van der Waals surface area contributed by atoms with Crippen LogP contribution in [0.15, 0.2) is 72.8 Å².